The molecule has 10 heteroatoms. The van der Waals surface area contributed by atoms with Gasteiger partial charge < -0.3 is 10.4 Å². The number of aliphatic carboxylic acids is 1. The van der Waals surface area contributed by atoms with Crippen molar-refractivity contribution in [1.82, 2.24) is 20.0 Å². The zero-order valence-corrected chi connectivity index (χ0v) is 27.2. The molecule has 0 saturated carbocycles. The Bertz CT molecular complexity index is 1620. The first-order chi connectivity index (χ1) is 21.1. The smallest absolute Gasteiger partial charge is 0.305 e. The van der Waals surface area contributed by atoms with Gasteiger partial charge in [0.1, 0.15) is 18.0 Å². The van der Waals surface area contributed by atoms with E-state index in [1.54, 1.807) is 32.0 Å². The van der Waals surface area contributed by atoms with Gasteiger partial charge in [0.25, 0.3) is 5.56 Å². The van der Waals surface area contributed by atoms with E-state index in [0.29, 0.717) is 42.9 Å². The SMILES string of the molecule is Cc1cc(C)c(-c2cc(C)c(F)c([C@H](CC(=O)O)NC(=O)[C@H](CC(C)C)n3nc(CCN4CC(F)C4)cc(C)c3=O)c2)c(C)c1. The van der Waals surface area contributed by atoms with Gasteiger partial charge in [0, 0.05) is 37.2 Å². The first-order valence-corrected chi connectivity index (χ1v) is 15.5. The quantitative estimate of drug-likeness (QED) is 0.268. The van der Waals surface area contributed by atoms with E-state index in [-0.39, 0.29) is 17.9 Å². The van der Waals surface area contributed by atoms with Crippen molar-refractivity contribution < 1.29 is 23.5 Å². The van der Waals surface area contributed by atoms with Gasteiger partial charge in [-0.2, -0.15) is 5.10 Å². The number of nitrogens with one attached hydrogen (secondary N) is 1. The number of aromatic nitrogens is 2. The Morgan fingerprint density at radius 3 is 2.22 bits per heavy atom. The Hall–Kier alpha value is -3.92. The van der Waals surface area contributed by atoms with Crippen LogP contribution in [-0.4, -0.2) is 57.5 Å². The van der Waals surface area contributed by atoms with Gasteiger partial charge in [-0.3, -0.25) is 19.3 Å². The molecule has 2 heterocycles. The third kappa shape index (κ3) is 8.03. The predicted molar refractivity (Wildman–Crippen MR) is 171 cm³/mol. The predicted octanol–water partition coefficient (Wildman–Crippen LogP) is 5.71. The number of alkyl halides is 1. The maximum absolute atomic E-state index is 15.8. The second kappa shape index (κ2) is 14.0. The van der Waals surface area contributed by atoms with E-state index in [2.05, 4.69) is 10.4 Å². The zero-order chi connectivity index (χ0) is 33.2. The minimum Gasteiger partial charge on any atom is -0.481 e. The highest BCUT2D eigenvalue weighted by Crippen LogP contribution is 2.34. The Kier molecular flexibility index (Phi) is 10.6. The molecular formula is C35H44F2N4O4. The fourth-order valence-corrected chi connectivity index (χ4v) is 6.28. The van der Waals surface area contributed by atoms with E-state index in [0.717, 1.165) is 27.8 Å². The number of halogens is 2. The van der Waals surface area contributed by atoms with Crippen LogP contribution < -0.4 is 10.9 Å². The van der Waals surface area contributed by atoms with Crippen LogP contribution in [0.1, 0.15) is 77.8 Å². The van der Waals surface area contributed by atoms with E-state index in [9.17, 15) is 23.9 Å². The molecule has 3 aromatic rings. The van der Waals surface area contributed by atoms with Crippen molar-refractivity contribution in [1.29, 1.82) is 0 Å². The fourth-order valence-electron chi connectivity index (χ4n) is 6.28. The summed E-state index contributed by atoms with van der Waals surface area (Å²) in [6.07, 6.45) is -0.662. The highest BCUT2D eigenvalue weighted by molar-refractivity contribution is 5.82. The lowest BCUT2D eigenvalue weighted by molar-refractivity contribution is -0.138. The third-order valence-electron chi connectivity index (χ3n) is 8.37. The van der Waals surface area contributed by atoms with Crippen molar-refractivity contribution >= 4 is 11.9 Å². The molecule has 0 bridgehead atoms. The summed E-state index contributed by atoms with van der Waals surface area (Å²) >= 11 is 0. The average molecular weight is 623 g/mol. The lowest BCUT2D eigenvalue weighted by Gasteiger charge is -2.34. The number of likely N-dealkylation sites (tertiary alicyclic amines) is 1. The fraction of sp³-hybridized carbons (Fsp3) is 0.486. The van der Waals surface area contributed by atoms with Crippen molar-refractivity contribution in [2.24, 2.45) is 5.92 Å². The van der Waals surface area contributed by atoms with Gasteiger partial charge in [0.2, 0.25) is 5.91 Å². The lowest BCUT2D eigenvalue weighted by Crippen LogP contribution is -2.49. The number of benzene rings is 2. The van der Waals surface area contributed by atoms with Crippen LogP contribution in [0.15, 0.2) is 35.1 Å². The summed E-state index contributed by atoms with van der Waals surface area (Å²) in [7, 11) is 0. The largest absolute Gasteiger partial charge is 0.481 e. The summed E-state index contributed by atoms with van der Waals surface area (Å²) in [5.41, 5.74) is 5.70. The summed E-state index contributed by atoms with van der Waals surface area (Å²) in [6, 6.07) is 6.85. The Morgan fingerprint density at radius 1 is 1.00 bits per heavy atom. The summed E-state index contributed by atoms with van der Waals surface area (Å²) < 4.78 is 30.3. The normalized spacial score (nSPS) is 15.2. The molecule has 2 aromatic carbocycles. The number of carbonyl (C=O) groups is 2. The third-order valence-corrected chi connectivity index (χ3v) is 8.37. The first kappa shape index (κ1) is 34.0. The van der Waals surface area contributed by atoms with Gasteiger partial charge >= 0.3 is 5.97 Å². The van der Waals surface area contributed by atoms with Crippen molar-refractivity contribution in [3.63, 3.8) is 0 Å². The Morgan fingerprint density at radius 2 is 1.64 bits per heavy atom. The molecule has 0 aliphatic carbocycles. The minimum absolute atomic E-state index is 0.0197. The van der Waals surface area contributed by atoms with Crippen LogP contribution in [0, 0.1) is 46.4 Å². The van der Waals surface area contributed by atoms with Crippen molar-refractivity contribution in [3.8, 4) is 11.1 Å². The molecule has 2 atom stereocenters. The highest BCUT2D eigenvalue weighted by Gasteiger charge is 2.31. The van der Waals surface area contributed by atoms with E-state index in [1.165, 1.54) is 4.68 Å². The number of aryl methyl sites for hydroxylation is 5. The number of amides is 1. The van der Waals surface area contributed by atoms with Crippen LogP contribution in [0.3, 0.4) is 0 Å². The molecule has 1 amide bonds. The second-order valence-corrected chi connectivity index (χ2v) is 12.9. The van der Waals surface area contributed by atoms with E-state index in [4.69, 9.17) is 0 Å². The van der Waals surface area contributed by atoms with Gasteiger partial charge in [0.05, 0.1) is 18.2 Å². The number of hydrogen-bond donors (Lipinski definition) is 2. The standard InChI is InChI=1S/C35H44F2N4O4/c1-19(2)10-30(41-35(45)24(7)14-27(39-41)8-9-40-17-26(36)18-40)34(44)38-29(16-31(42)43)28-15-25(13-23(6)33(28)37)32-21(4)11-20(3)12-22(32)5/h11-15,19,26,29-30H,8-10,16-18H2,1-7H3,(H,38,44)(H,42,43)/t29-,30-/m0/s1. The molecule has 2 N–H and O–H groups in total. The van der Waals surface area contributed by atoms with Gasteiger partial charge in [-0.25, -0.2) is 13.5 Å². The molecule has 1 aliphatic rings. The monoisotopic (exact) mass is 622 g/mol. The number of nitrogens with zero attached hydrogens (tertiary/aromatic N) is 3. The van der Waals surface area contributed by atoms with Crippen molar-refractivity contribution in [2.75, 3.05) is 19.6 Å². The maximum atomic E-state index is 15.8. The van der Waals surface area contributed by atoms with Gasteiger partial charge in [-0.1, -0.05) is 31.5 Å². The van der Waals surface area contributed by atoms with Crippen molar-refractivity contribution in [2.45, 2.75) is 86.0 Å². The molecule has 1 fully saturated rings. The number of rotatable bonds is 12. The van der Waals surface area contributed by atoms with Crippen LogP contribution in [0.25, 0.3) is 11.1 Å². The summed E-state index contributed by atoms with van der Waals surface area (Å²) in [5.74, 6) is -2.44. The summed E-state index contributed by atoms with van der Waals surface area (Å²) in [6.45, 7) is 14.3. The van der Waals surface area contributed by atoms with Gasteiger partial charge in [0.15, 0.2) is 0 Å². The number of carboxylic acids is 1. The van der Waals surface area contributed by atoms with Gasteiger partial charge in [-0.15, -0.1) is 0 Å². The Labute approximate surface area is 263 Å². The van der Waals surface area contributed by atoms with E-state index >= 15 is 4.39 Å². The maximum Gasteiger partial charge on any atom is 0.305 e. The van der Waals surface area contributed by atoms with E-state index in [1.807, 2.05) is 51.7 Å². The zero-order valence-electron chi connectivity index (χ0n) is 27.2. The van der Waals surface area contributed by atoms with E-state index < -0.39 is 47.9 Å². The molecule has 1 saturated heterocycles. The summed E-state index contributed by atoms with van der Waals surface area (Å²) in [5, 5.41) is 17.1. The van der Waals surface area contributed by atoms with Crippen molar-refractivity contribution in [3.05, 3.63) is 85.6 Å². The lowest BCUT2D eigenvalue weighted by atomic mass is 9.89. The molecule has 242 valence electrons. The van der Waals surface area contributed by atoms with Crippen LogP contribution in [0.2, 0.25) is 0 Å². The molecular weight excluding hydrogens is 578 g/mol. The first-order valence-electron chi connectivity index (χ1n) is 15.5. The minimum atomic E-state index is -1.21. The topological polar surface area (TPSA) is 105 Å². The number of hydrogen-bond acceptors (Lipinski definition) is 5. The van der Waals surface area contributed by atoms with Crippen LogP contribution in [0.5, 0.6) is 0 Å². The van der Waals surface area contributed by atoms with Gasteiger partial charge in [-0.05, 0) is 93.0 Å². The highest BCUT2D eigenvalue weighted by atomic mass is 19.1. The molecule has 45 heavy (non-hydrogen) atoms. The number of carbonyl (C=O) groups excluding carboxylic acids is 1. The average Bonchev–Trinajstić information content (AvgIpc) is 2.91. The molecule has 8 nitrogen and oxygen atoms in total. The number of carboxylic acid groups (broad SMARTS) is 1. The second-order valence-electron chi connectivity index (χ2n) is 12.9. The molecule has 4 rings (SSSR count). The Balaban J connectivity index is 1.72. The van der Waals surface area contributed by atoms with Crippen LogP contribution in [-0.2, 0) is 16.0 Å². The molecule has 1 aliphatic heterocycles. The van der Waals surface area contributed by atoms with Crippen LogP contribution >= 0.6 is 0 Å². The molecule has 0 spiro atoms. The van der Waals surface area contributed by atoms with Crippen LogP contribution in [0.4, 0.5) is 8.78 Å². The molecule has 1 aromatic heterocycles. The summed E-state index contributed by atoms with van der Waals surface area (Å²) in [4.78, 5) is 41.3. The molecule has 0 radical (unpaired) electrons. The molecule has 0 unspecified atom stereocenters.